The topological polar surface area (TPSA) is 75.6 Å². The SMILES string of the molecule is Cc1noc(C)c1Cc1c(C(=O)N2CCCCC2CCN2CCCC2)noc1C. The molecule has 0 radical (unpaired) electrons. The lowest BCUT2D eigenvalue weighted by Crippen LogP contribution is -2.45. The minimum Gasteiger partial charge on any atom is -0.361 e. The van der Waals surface area contributed by atoms with Gasteiger partial charge in [-0.2, -0.15) is 0 Å². The monoisotopic (exact) mass is 400 g/mol. The van der Waals surface area contributed by atoms with Crippen LogP contribution < -0.4 is 0 Å². The molecule has 0 spiro atoms. The van der Waals surface area contributed by atoms with E-state index in [1.54, 1.807) is 0 Å². The third kappa shape index (κ3) is 4.25. The quantitative estimate of drug-likeness (QED) is 0.737. The number of hydrogen-bond donors (Lipinski definition) is 0. The molecule has 29 heavy (non-hydrogen) atoms. The molecule has 0 aliphatic carbocycles. The van der Waals surface area contributed by atoms with Crippen molar-refractivity contribution < 1.29 is 13.8 Å². The minimum absolute atomic E-state index is 0.00901. The number of aromatic nitrogens is 2. The highest BCUT2D eigenvalue weighted by Crippen LogP contribution is 2.27. The number of amides is 1. The molecule has 1 atom stereocenters. The van der Waals surface area contributed by atoms with E-state index in [2.05, 4.69) is 15.2 Å². The number of hydrogen-bond acceptors (Lipinski definition) is 6. The molecule has 158 valence electrons. The average Bonchev–Trinajstić information content (AvgIpc) is 3.44. The van der Waals surface area contributed by atoms with E-state index in [9.17, 15) is 4.79 Å². The molecule has 2 aliphatic rings. The van der Waals surface area contributed by atoms with Gasteiger partial charge in [0.05, 0.1) is 5.69 Å². The van der Waals surface area contributed by atoms with E-state index in [-0.39, 0.29) is 5.91 Å². The maximum atomic E-state index is 13.5. The summed E-state index contributed by atoms with van der Waals surface area (Å²) in [6.07, 6.45) is 7.54. The van der Waals surface area contributed by atoms with Crippen LogP contribution in [0.1, 0.15) is 77.4 Å². The Kier molecular flexibility index (Phi) is 6.04. The molecule has 2 aromatic heterocycles. The lowest BCUT2D eigenvalue weighted by molar-refractivity contribution is 0.0576. The normalized spacial score (nSPS) is 20.5. The molecule has 0 bridgehead atoms. The summed E-state index contributed by atoms with van der Waals surface area (Å²) in [5.41, 5.74) is 3.17. The van der Waals surface area contributed by atoms with Crippen molar-refractivity contribution in [2.24, 2.45) is 0 Å². The van der Waals surface area contributed by atoms with E-state index in [1.165, 1.54) is 32.4 Å². The summed E-state index contributed by atoms with van der Waals surface area (Å²) in [5, 5.41) is 8.21. The van der Waals surface area contributed by atoms with Crippen molar-refractivity contribution in [1.29, 1.82) is 0 Å². The predicted octanol–water partition coefficient (Wildman–Crippen LogP) is 3.66. The van der Waals surface area contributed by atoms with Crippen LogP contribution in [0.2, 0.25) is 0 Å². The van der Waals surface area contributed by atoms with Crippen LogP contribution in [0.5, 0.6) is 0 Å². The van der Waals surface area contributed by atoms with Crippen molar-refractivity contribution in [2.75, 3.05) is 26.2 Å². The van der Waals surface area contributed by atoms with Crippen LogP contribution in [0.4, 0.5) is 0 Å². The lowest BCUT2D eigenvalue weighted by atomic mass is 9.97. The van der Waals surface area contributed by atoms with Gasteiger partial charge in [-0.15, -0.1) is 0 Å². The van der Waals surface area contributed by atoms with Gasteiger partial charge >= 0.3 is 0 Å². The van der Waals surface area contributed by atoms with Crippen LogP contribution in [0.15, 0.2) is 9.05 Å². The standard InChI is InChI=1S/C22H32N4O3/c1-15-19(16(2)28-23-15)14-20-17(3)29-24-21(20)22(27)26-12-5-4-8-18(26)9-13-25-10-6-7-11-25/h18H,4-14H2,1-3H3. The van der Waals surface area contributed by atoms with Crippen molar-refractivity contribution in [3.05, 3.63) is 34.0 Å². The number of aryl methyl sites for hydroxylation is 3. The minimum atomic E-state index is 0.00901. The molecule has 2 saturated heterocycles. The third-order valence-electron chi connectivity index (χ3n) is 6.59. The van der Waals surface area contributed by atoms with E-state index in [0.29, 0.717) is 23.9 Å². The van der Waals surface area contributed by atoms with Crippen LogP contribution in [0.3, 0.4) is 0 Å². The van der Waals surface area contributed by atoms with Gasteiger partial charge in [-0.3, -0.25) is 4.79 Å². The summed E-state index contributed by atoms with van der Waals surface area (Å²) in [6, 6.07) is 0.292. The number of likely N-dealkylation sites (tertiary alicyclic amines) is 2. The molecule has 7 heteroatoms. The highest BCUT2D eigenvalue weighted by molar-refractivity contribution is 5.94. The fraction of sp³-hybridized carbons (Fsp3) is 0.682. The van der Waals surface area contributed by atoms with Crippen LogP contribution in [0, 0.1) is 20.8 Å². The molecular formula is C22H32N4O3. The number of rotatable bonds is 6. The molecule has 7 nitrogen and oxygen atoms in total. The molecule has 1 unspecified atom stereocenters. The lowest BCUT2D eigenvalue weighted by Gasteiger charge is -2.36. The summed E-state index contributed by atoms with van der Waals surface area (Å²) >= 11 is 0. The molecule has 0 saturated carbocycles. The Morgan fingerprint density at radius 2 is 1.66 bits per heavy atom. The molecule has 2 fully saturated rings. The van der Waals surface area contributed by atoms with Gasteiger partial charge in [-0.1, -0.05) is 10.3 Å². The second kappa shape index (κ2) is 8.69. The van der Waals surface area contributed by atoms with Gasteiger partial charge in [-0.25, -0.2) is 0 Å². The van der Waals surface area contributed by atoms with Crippen LogP contribution >= 0.6 is 0 Å². The zero-order chi connectivity index (χ0) is 20.4. The van der Waals surface area contributed by atoms with Crippen LogP contribution in [0.25, 0.3) is 0 Å². The van der Waals surface area contributed by atoms with E-state index in [4.69, 9.17) is 9.05 Å². The second-order valence-corrected chi connectivity index (χ2v) is 8.53. The van der Waals surface area contributed by atoms with Gasteiger partial charge in [0, 0.05) is 36.7 Å². The first-order valence-corrected chi connectivity index (χ1v) is 10.9. The van der Waals surface area contributed by atoms with Crippen molar-refractivity contribution in [3.8, 4) is 0 Å². The molecular weight excluding hydrogens is 368 g/mol. The average molecular weight is 401 g/mol. The summed E-state index contributed by atoms with van der Waals surface area (Å²) in [6.45, 7) is 9.99. The Hall–Kier alpha value is -2.15. The van der Waals surface area contributed by atoms with Gasteiger partial charge in [0.25, 0.3) is 5.91 Å². The summed E-state index contributed by atoms with van der Waals surface area (Å²) in [4.78, 5) is 18.1. The zero-order valence-corrected chi connectivity index (χ0v) is 17.9. The largest absolute Gasteiger partial charge is 0.361 e. The van der Waals surface area contributed by atoms with Gasteiger partial charge in [0.2, 0.25) is 0 Å². The van der Waals surface area contributed by atoms with Crippen LogP contribution in [-0.2, 0) is 6.42 Å². The Morgan fingerprint density at radius 1 is 0.966 bits per heavy atom. The molecule has 4 heterocycles. The van der Waals surface area contributed by atoms with Crippen molar-refractivity contribution in [3.63, 3.8) is 0 Å². The van der Waals surface area contributed by atoms with E-state index < -0.39 is 0 Å². The fourth-order valence-electron chi connectivity index (χ4n) is 4.74. The number of carbonyl (C=O) groups excluding carboxylic acids is 1. The Bertz CT molecular complexity index is 831. The number of nitrogens with zero attached hydrogens (tertiary/aromatic N) is 4. The van der Waals surface area contributed by atoms with Crippen LogP contribution in [-0.4, -0.2) is 58.2 Å². The number of carbonyl (C=O) groups is 1. The first-order chi connectivity index (χ1) is 14.0. The Morgan fingerprint density at radius 3 is 2.38 bits per heavy atom. The van der Waals surface area contributed by atoms with Crippen molar-refractivity contribution in [2.45, 2.75) is 71.8 Å². The molecule has 4 rings (SSSR count). The molecule has 0 N–H and O–H groups in total. The van der Waals surface area contributed by atoms with Crippen molar-refractivity contribution >= 4 is 5.91 Å². The first kappa shape index (κ1) is 20.1. The third-order valence-corrected chi connectivity index (χ3v) is 6.59. The maximum Gasteiger partial charge on any atom is 0.276 e. The molecule has 1 amide bonds. The first-order valence-electron chi connectivity index (χ1n) is 10.9. The highest BCUT2D eigenvalue weighted by Gasteiger charge is 2.32. The molecule has 2 aromatic rings. The second-order valence-electron chi connectivity index (χ2n) is 8.53. The highest BCUT2D eigenvalue weighted by atomic mass is 16.5. The van der Waals surface area contributed by atoms with Gasteiger partial charge in [0.1, 0.15) is 11.5 Å². The summed E-state index contributed by atoms with van der Waals surface area (Å²) in [7, 11) is 0. The predicted molar refractivity (Wildman–Crippen MR) is 109 cm³/mol. The van der Waals surface area contributed by atoms with Crippen molar-refractivity contribution in [1.82, 2.24) is 20.1 Å². The Labute approximate surface area is 172 Å². The maximum absolute atomic E-state index is 13.5. The summed E-state index contributed by atoms with van der Waals surface area (Å²) in [5.74, 6) is 1.48. The van der Waals surface area contributed by atoms with Gasteiger partial charge in [-0.05, 0) is 72.4 Å². The number of piperidine rings is 1. The smallest absolute Gasteiger partial charge is 0.276 e. The van der Waals surface area contributed by atoms with E-state index in [1.807, 2.05) is 25.7 Å². The van der Waals surface area contributed by atoms with E-state index >= 15 is 0 Å². The molecule has 0 aromatic carbocycles. The Balaban J connectivity index is 1.51. The van der Waals surface area contributed by atoms with Gasteiger partial charge in [0.15, 0.2) is 5.69 Å². The van der Waals surface area contributed by atoms with Gasteiger partial charge < -0.3 is 18.8 Å². The van der Waals surface area contributed by atoms with E-state index in [0.717, 1.165) is 54.9 Å². The summed E-state index contributed by atoms with van der Waals surface area (Å²) < 4.78 is 10.8. The molecule has 2 aliphatic heterocycles. The fourth-order valence-corrected chi connectivity index (χ4v) is 4.74. The zero-order valence-electron chi connectivity index (χ0n) is 17.9.